The maximum absolute atomic E-state index is 15.1. The van der Waals surface area contributed by atoms with Crippen LogP contribution >= 0.6 is 0 Å². The smallest absolute Gasteiger partial charge is 0.293 e. The van der Waals surface area contributed by atoms with Crippen molar-refractivity contribution in [3.05, 3.63) is 46.3 Å². The van der Waals surface area contributed by atoms with Crippen molar-refractivity contribution in [2.45, 2.75) is 44.8 Å². The van der Waals surface area contributed by atoms with Crippen molar-refractivity contribution in [1.29, 1.82) is 0 Å². The summed E-state index contributed by atoms with van der Waals surface area (Å²) in [5.41, 5.74) is -2.93. The van der Waals surface area contributed by atoms with Gasteiger partial charge in [-0.25, -0.2) is 8.78 Å². The molecule has 1 saturated heterocycles. The van der Waals surface area contributed by atoms with Crippen LogP contribution in [0.25, 0.3) is 0 Å². The van der Waals surface area contributed by atoms with Crippen LogP contribution in [-0.4, -0.2) is 64.1 Å². The predicted octanol–water partition coefficient (Wildman–Crippen LogP) is 2.12. The quantitative estimate of drug-likeness (QED) is 0.645. The number of pyridine rings is 1. The number of ether oxygens (including phenoxy) is 1. The van der Waals surface area contributed by atoms with Crippen LogP contribution in [0.15, 0.2) is 29.2 Å². The van der Waals surface area contributed by atoms with Crippen molar-refractivity contribution >= 4 is 17.5 Å². The third kappa shape index (κ3) is 3.54. The van der Waals surface area contributed by atoms with E-state index in [9.17, 15) is 18.4 Å². The third-order valence-corrected chi connectivity index (χ3v) is 6.22. The molecule has 0 spiro atoms. The first kappa shape index (κ1) is 22.3. The monoisotopic (exact) mass is 451 g/mol. The second kappa shape index (κ2) is 7.88. The zero-order valence-electron chi connectivity index (χ0n) is 18.0. The molecule has 2 aliphatic rings. The van der Waals surface area contributed by atoms with Gasteiger partial charge in [-0.3, -0.25) is 19.1 Å². The lowest BCUT2D eigenvalue weighted by Gasteiger charge is -2.39. The first-order valence-electron chi connectivity index (χ1n) is 10.3. The van der Waals surface area contributed by atoms with Crippen LogP contribution in [0.3, 0.4) is 0 Å². The van der Waals surface area contributed by atoms with Crippen molar-refractivity contribution in [2.24, 2.45) is 0 Å². The molecular weight excluding hydrogens is 427 g/mol. The highest BCUT2D eigenvalue weighted by atomic mass is 19.3. The summed E-state index contributed by atoms with van der Waals surface area (Å²) in [6, 6.07) is 4.46. The average Bonchev–Trinajstić information content (AvgIpc) is 3.05. The number of anilines is 2. The Morgan fingerprint density at radius 1 is 1.38 bits per heavy atom. The van der Waals surface area contributed by atoms with Crippen LogP contribution in [0.2, 0.25) is 0 Å². The summed E-state index contributed by atoms with van der Waals surface area (Å²) in [6.45, 7) is 3.66. The van der Waals surface area contributed by atoms with Gasteiger partial charge in [0.15, 0.2) is 11.6 Å². The molecule has 0 amide bonds. The molecule has 1 fully saturated rings. The average molecular weight is 451 g/mol. The van der Waals surface area contributed by atoms with Crippen molar-refractivity contribution in [3.8, 4) is 0 Å². The van der Waals surface area contributed by atoms with Crippen LogP contribution in [0.1, 0.15) is 31.3 Å². The SMILES string of the molecule is CC1COCCN1c1nc2n(c(=O)c1F)CC(C)(C(C)(F)F)N2CC(=O)c1ccccn1. The van der Waals surface area contributed by atoms with Gasteiger partial charge in [-0.2, -0.15) is 9.37 Å². The number of fused-ring (bicyclic) bond motifs is 1. The van der Waals surface area contributed by atoms with Gasteiger partial charge in [0.05, 0.1) is 32.3 Å². The number of Topliss-reactive ketones (excluding diaryl/α,β-unsaturated/α-hetero) is 1. The number of hydrogen-bond acceptors (Lipinski definition) is 7. The van der Waals surface area contributed by atoms with E-state index in [0.717, 1.165) is 9.47 Å². The summed E-state index contributed by atoms with van der Waals surface area (Å²) in [4.78, 5) is 36.7. The maximum atomic E-state index is 15.1. The second-order valence-corrected chi connectivity index (χ2v) is 8.44. The third-order valence-electron chi connectivity index (χ3n) is 6.22. The fourth-order valence-electron chi connectivity index (χ4n) is 4.08. The number of carbonyl (C=O) groups is 1. The number of alkyl halides is 2. The molecule has 11 heteroatoms. The Labute approximate surface area is 182 Å². The molecule has 0 bridgehead atoms. The van der Waals surface area contributed by atoms with Crippen LogP contribution < -0.4 is 15.4 Å². The molecule has 32 heavy (non-hydrogen) atoms. The fourth-order valence-corrected chi connectivity index (χ4v) is 4.08. The molecule has 0 aliphatic carbocycles. The van der Waals surface area contributed by atoms with Gasteiger partial charge in [-0.05, 0) is 26.0 Å². The number of carbonyl (C=O) groups excluding carboxylic acids is 1. The van der Waals surface area contributed by atoms with Crippen molar-refractivity contribution in [3.63, 3.8) is 0 Å². The Hall–Kier alpha value is -2.95. The highest BCUT2D eigenvalue weighted by Crippen LogP contribution is 2.42. The van der Waals surface area contributed by atoms with Gasteiger partial charge in [0.1, 0.15) is 11.2 Å². The highest BCUT2D eigenvalue weighted by Gasteiger charge is 2.57. The first-order valence-corrected chi connectivity index (χ1v) is 10.3. The van der Waals surface area contributed by atoms with Gasteiger partial charge >= 0.3 is 0 Å². The zero-order chi connectivity index (χ0) is 23.3. The van der Waals surface area contributed by atoms with Gasteiger partial charge in [0, 0.05) is 19.7 Å². The Morgan fingerprint density at radius 2 is 2.12 bits per heavy atom. The summed E-state index contributed by atoms with van der Waals surface area (Å²) < 4.78 is 50.9. The van der Waals surface area contributed by atoms with Crippen LogP contribution in [-0.2, 0) is 11.3 Å². The minimum absolute atomic E-state index is 0.0965. The largest absolute Gasteiger partial charge is 0.377 e. The summed E-state index contributed by atoms with van der Waals surface area (Å²) in [6.07, 6.45) is 1.43. The summed E-state index contributed by atoms with van der Waals surface area (Å²) in [7, 11) is 0. The van der Waals surface area contributed by atoms with Crippen LogP contribution in [0, 0.1) is 5.82 Å². The normalized spacial score (nSPS) is 23.4. The number of halogens is 3. The van der Waals surface area contributed by atoms with E-state index in [1.807, 2.05) is 0 Å². The summed E-state index contributed by atoms with van der Waals surface area (Å²) >= 11 is 0. The molecule has 2 aromatic rings. The van der Waals surface area contributed by atoms with Gasteiger partial charge < -0.3 is 14.5 Å². The minimum Gasteiger partial charge on any atom is -0.377 e. The molecule has 0 saturated carbocycles. The Balaban J connectivity index is 1.83. The van der Waals surface area contributed by atoms with E-state index < -0.39 is 41.7 Å². The maximum Gasteiger partial charge on any atom is 0.293 e. The molecule has 0 radical (unpaired) electrons. The number of hydrogen-bond donors (Lipinski definition) is 0. The van der Waals surface area contributed by atoms with Gasteiger partial charge in [-0.15, -0.1) is 0 Å². The lowest BCUT2D eigenvalue weighted by molar-refractivity contribution is -0.0526. The predicted molar refractivity (Wildman–Crippen MR) is 111 cm³/mol. The number of nitrogens with zero attached hydrogens (tertiary/aromatic N) is 5. The van der Waals surface area contributed by atoms with E-state index in [1.165, 1.54) is 19.2 Å². The summed E-state index contributed by atoms with van der Waals surface area (Å²) in [5, 5.41) is 0. The van der Waals surface area contributed by atoms with Gasteiger partial charge in [0.2, 0.25) is 11.8 Å². The first-order chi connectivity index (χ1) is 15.0. The lowest BCUT2D eigenvalue weighted by Crippen LogP contribution is -2.57. The molecule has 0 aromatic carbocycles. The molecule has 4 heterocycles. The van der Waals surface area contributed by atoms with E-state index in [0.29, 0.717) is 26.7 Å². The molecule has 2 atom stereocenters. The highest BCUT2D eigenvalue weighted by molar-refractivity contribution is 5.97. The van der Waals surface area contributed by atoms with Crippen molar-refractivity contribution in [1.82, 2.24) is 14.5 Å². The Kier molecular flexibility index (Phi) is 5.48. The van der Waals surface area contributed by atoms with Crippen LogP contribution in [0.4, 0.5) is 24.9 Å². The standard InChI is InChI=1S/C21H24F3N5O3/c1-13-11-32-9-8-27(13)17-16(22)18(31)28-12-20(2,21(3,23)24)29(19(28)26-17)10-15(30)14-6-4-5-7-25-14/h4-7,13H,8-12H2,1-3H3. The van der Waals surface area contributed by atoms with E-state index >= 15 is 4.39 Å². The molecule has 2 unspecified atom stereocenters. The number of aromatic nitrogens is 3. The van der Waals surface area contributed by atoms with Gasteiger partial charge in [-0.1, -0.05) is 6.07 Å². The molecular formula is C21H24F3N5O3. The van der Waals surface area contributed by atoms with Crippen molar-refractivity contribution in [2.75, 3.05) is 36.1 Å². The number of morpholine rings is 1. The molecule has 172 valence electrons. The van der Waals surface area contributed by atoms with E-state index in [-0.39, 0.29) is 23.5 Å². The molecule has 0 N–H and O–H groups in total. The molecule has 2 aromatic heterocycles. The Bertz CT molecular complexity index is 1090. The molecule has 4 rings (SSSR count). The molecule has 8 nitrogen and oxygen atoms in total. The zero-order valence-corrected chi connectivity index (χ0v) is 18.0. The summed E-state index contributed by atoms with van der Waals surface area (Å²) in [5.74, 6) is -5.36. The number of rotatable bonds is 5. The minimum atomic E-state index is -3.33. The molecule has 2 aliphatic heterocycles. The van der Waals surface area contributed by atoms with Crippen LogP contribution in [0.5, 0.6) is 0 Å². The lowest BCUT2D eigenvalue weighted by atomic mass is 9.93. The topological polar surface area (TPSA) is 80.6 Å². The van der Waals surface area contributed by atoms with Crippen molar-refractivity contribution < 1.29 is 22.7 Å². The second-order valence-electron chi connectivity index (χ2n) is 8.44. The van der Waals surface area contributed by atoms with E-state index in [1.54, 1.807) is 24.0 Å². The van der Waals surface area contributed by atoms with Gasteiger partial charge in [0.25, 0.3) is 11.5 Å². The fraction of sp³-hybridized carbons (Fsp3) is 0.524. The number of ketones is 1. The van der Waals surface area contributed by atoms with E-state index in [2.05, 4.69) is 9.97 Å². The Morgan fingerprint density at radius 3 is 2.75 bits per heavy atom. The van der Waals surface area contributed by atoms with E-state index in [4.69, 9.17) is 4.74 Å².